The molecule has 146 valence electrons. The monoisotopic (exact) mass is 399 g/mol. The van der Waals surface area contributed by atoms with E-state index in [4.69, 9.17) is 0 Å². The Labute approximate surface area is 160 Å². The van der Waals surface area contributed by atoms with Crippen LogP contribution in [-0.2, 0) is 6.54 Å². The average Bonchev–Trinajstić information content (AvgIpc) is 3.45. The maximum atomic E-state index is 15.3. The lowest BCUT2D eigenvalue weighted by atomic mass is 10.1. The van der Waals surface area contributed by atoms with Gasteiger partial charge in [0.15, 0.2) is 5.82 Å². The zero-order valence-electron chi connectivity index (χ0n) is 14.5. The van der Waals surface area contributed by atoms with Crippen molar-refractivity contribution in [2.75, 3.05) is 26.2 Å². The first kappa shape index (κ1) is 19.7. The van der Waals surface area contributed by atoms with Gasteiger partial charge in [-0.25, -0.2) is 13.6 Å². The summed E-state index contributed by atoms with van der Waals surface area (Å²) in [6, 6.07) is 0.937. The number of hydrogen-bond acceptors (Lipinski definition) is 4. The van der Waals surface area contributed by atoms with E-state index in [0.717, 1.165) is 32.0 Å². The predicted octanol–water partition coefficient (Wildman–Crippen LogP) is 2.14. The molecule has 0 atom stereocenters. The highest BCUT2D eigenvalue weighted by molar-refractivity contribution is 5.93. The summed E-state index contributed by atoms with van der Waals surface area (Å²) >= 11 is 0. The highest BCUT2D eigenvalue weighted by Crippen LogP contribution is 2.38. The van der Waals surface area contributed by atoms with Crippen LogP contribution in [0.1, 0.15) is 34.8 Å². The molecule has 2 aromatic rings. The van der Waals surface area contributed by atoms with Crippen LogP contribution in [0.15, 0.2) is 17.1 Å². The van der Waals surface area contributed by atoms with Crippen molar-refractivity contribution >= 4 is 29.3 Å². The van der Waals surface area contributed by atoms with E-state index >= 15 is 4.39 Å². The minimum absolute atomic E-state index is 0. The van der Waals surface area contributed by atoms with Crippen molar-refractivity contribution in [2.24, 2.45) is 0 Å². The molecule has 9 heteroatoms. The van der Waals surface area contributed by atoms with E-state index in [1.54, 1.807) is 0 Å². The first-order valence-electron chi connectivity index (χ1n) is 8.69. The third-order valence-electron chi connectivity index (χ3n) is 5.06. The Balaban J connectivity index is 0.00000210. The fourth-order valence-electron chi connectivity index (χ4n) is 3.51. The van der Waals surface area contributed by atoms with Gasteiger partial charge in [0.1, 0.15) is 11.4 Å². The van der Waals surface area contributed by atoms with Gasteiger partial charge in [0.05, 0.1) is 10.9 Å². The van der Waals surface area contributed by atoms with Gasteiger partial charge >= 0.3 is 5.97 Å². The second-order valence-electron chi connectivity index (χ2n) is 6.89. The molecule has 2 N–H and O–H groups in total. The Kier molecular flexibility index (Phi) is 5.50. The van der Waals surface area contributed by atoms with Crippen LogP contribution in [0.3, 0.4) is 0 Å². The molecule has 1 aromatic carbocycles. The number of nitrogens with one attached hydrogen (secondary N) is 1. The smallest absolute Gasteiger partial charge is 0.341 e. The molecule has 0 radical (unpaired) electrons. The van der Waals surface area contributed by atoms with Gasteiger partial charge in [-0.3, -0.25) is 9.69 Å². The first-order chi connectivity index (χ1) is 12.5. The van der Waals surface area contributed by atoms with Crippen LogP contribution in [0.4, 0.5) is 8.78 Å². The molecule has 0 spiro atoms. The number of carbonyl (C=O) groups is 1. The zero-order valence-corrected chi connectivity index (χ0v) is 15.3. The summed E-state index contributed by atoms with van der Waals surface area (Å²) in [6.45, 7) is 3.00. The van der Waals surface area contributed by atoms with E-state index in [9.17, 15) is 19.1 Å². The van der Waals surface area contributed by atoms with Gasteiger partial charge in [-0.1, -0.05) is 0 Å². The lowest BCUT2D eigenvalue weighted by molar-refractivity contribution is 0.0695. The standard InChI is InChI=1S/C18H19F2N3O3.ClH/c19-14-7-11-16(15(20)12(14)8-22-5-3-21-4-6-22)23(10-1-2-10)9-13(17(11)24)18(25)26;/h7,9-10,21H,1-6,8H2,(H,25,26);1H. The molecular formula is C18H20ClF2N3O3. The Hall–Kier alpha value is -2.03. The lowest BCUT2D eigenvalue weighted by Crippen LogP contribution is -2.43. The van der Waals surface area contributed by atoms with Crippen molar-refractivity contribution in [3.8, 4) is 0 Å². The van der Waals surface area contributed by atoms with Crippen LogP contribution >= 0.6 is 12.4 Å². The summed E-state index contributed by atoms with van der Waals surface area (Å²) in [5.74, 6) is -2.97. The van der Waals surface area contributed by atoms with Crippen molar-refractivity contribution in [1.82, 2.24) is 14.8 Å². The SMILES string of the molecule is Cl.O=C(O)c1cn(C2CC2)c2c(F)c(CN3CCNCC3)c(F)cc2c1=O. The van der Waals surface area contributed by atoms with Crippen molar-refractivity contribution < 1.29 is 18.7 Å². The molecule has 0 unspecified atom stereocenters. The highest BCUT2D eigenvalue weighted by Gasteiger charge is 2.30. The van der Waals surface area contributed by atoms with E-state index in [-0.39, 0.29) is 41.5 Å². The summed E-state index contributed by atoms with van der Waals surface area (Å²) < 4.78 is 31.4. The van der Waals surface area contributed by atoms with Crippen molar-refractivity contribution in [2.45, 2.75) is 25.4 Å². The number of aromatic carboxylic acids is 1. The molecule has 27 heavy (non-hydrogen) atoms. The van der Waals surface area contributed by atoms with Gasteiger partial charge in [-0.15, -0.1) is 12.4 Å². The molecule has 1 aliphatic heterocycles. The van der Waals surface area contributed by atoms with Crippen LogP contribution in [0.25, 0.3) is 10.9 Å². The first-order valence-corrected chi connectivity index (χ1v) is 8.69. The fraction of sp³-hybridized carbons (Fsp3) is 0.444. The Bertz CT molecular complexity index is 953. The maximum absolute atomic E-state index is 15.3. The summed E-state index contributed by atoms with van der Waals surface area (Å²) in [7, 11) is 0. The molecule has 1 aliphatic carbocycles. The van der Waals surface area contributed by atoms with E-state index in [1.165, 1.54) is 10.8 Å². The molecule has 2 fully saturated rings. The van der Waals surface area contributed by atoms with Gasteiger partial charge < -0.3 is 15.0 Å². The quantitative estimate of drug-likeness (QED) is 0.824. The van der Waals surface area contributed by atoms with Crippen LogP contribution < -0.4 is 10.7 Å². The van der Waals surface area contributed by atoms with Crippen molar-refractivity contribution in [1.29, 1.82) is 0 Å². The third-order valence-corrected chi connectivity index (χ3v) is 5.06. The van der Waals surface area contributed by atoms with Crippen molar-refractivity contribution in [3.63, 3.8) is 0 Å². The van der Waals surface area contributed by atoms with Crippen LogP contribution in [-0.4, -0.2) is 46.7 Å². The number of piperazine rings is 1. The summed E-state index contributed by atoms with van der Waals surface area (Å²) in [4.78, 5) is 25.7. The fourth-order valence-corrected chi connectivity index (χ4v) is 3.51. The molecule has 0 bridgehead atoms. The van der Waals surface area contributed by atoms with Crippen LogP contribution in [0.5, 0.6) is 0 Å². The van der Waals surface area contributed by atoms with Gasteiger partial charge in [0, 0.05) is 50.5 Å². The van der Waals surface area contributed by atoms with Gasteiger partial charge in [0.25, 0.3) is 0 Å². The molecule has 1 saturated carbocycles. The number of carboxylic acid groups (broad SMARTS) is 1. The zero-order chi connectivity index (χ0) is 18.4. The number of hydrogen-bond donors (Lipinski definition) is 2. The summed E-state index contributed by atoms with van der Waals surface area (Å²) in [6.07, 6.45) is 2.75. The summed E-state index contributed by atoms with van der Waals surface area (Å²) in [5, 5.41) is 12.2. The highest BCUT2D eigenvalue weighted by atomic mass is 35.5. The summed E-state index contributed by atoms with van der Waals surface area (Å²) in [5.41, 5.74) is -1.38. The van der Waals surface area contributed by atoms with Crippen LogP contribution in [0, 0.1) is 11.6 Å². The maximum Gasteiger partial charge on any atom is 0.341 e. The largest absolute Gasteiger partial charge is 0.477 e. The molecular weight excluding hydrogens is 380 g/mol. The number of nitrogens with zero attached hydrogens (tertiary/aromatic N) is 2. The number of aromatic nitrogens is 1. The van der Waals surface area contributed by atoms with E-state index in [1.807, 2.05) is 4.90 Å². The Morgan fingerprint density at radius 2 is 1.93 bits per heavy atom. The van der Waals surface area contributed by atoms with E-state index in [2.05, 4.69) is 5.32 Å². The van der Waals surface area contributed by atoms with Crippen molar-refractivity contribution in [3.05, 3.63) is 45.2 Å². The molecule has 2 heterocycles. The number of halogens is 3. The Morgan fingerprint density at radius 3 is 2.52 bits per heavy atom. The lowest BCUT2D eigenvalue weighted by Gasteiger charge is -2.27. The second-order valence-corrected chi connectivity index (χ2v) is 6.89. The number of carboxylic acids is 1. The minimum Gasteiger partial charge on any atom is -0.477 e. The number of fused-ring (bicyclic) bond motifs is 1. The van der Waals surface area contributed by atoms with Gasteiger partial charge in [0.2, 0.25) is 5.43 Å². The second kappa shape index (κ2) is 7.53. The molecule has 0 amide bonds. The minimum atomic E-state index is -1.39. The molecule has 1 aromatic heterocycles. The average molecular weight is 400 g/mol. The van der Waals surface area contributed by atoms with Crippen LogP contribution in [0.2, 0.25) is 0 Å². The number of benzene rings is 1. The number of pyridine rings is 1. The molecule has 2 aliphatic rings. The van der Waals surface area contributed by atoms with E-state index < -0.39 is 28.6 Å². The normalized spacial score (nSPS) is 17.7. The van der Waals surface area contributed by atoms with Gasteiger partial charge in [-0.05, 0) is 18.9 Å². The molecule has 4 rings (SSSR count). The third kappa shape index (κ3) is 3.56. The predicted molar refractivity (Wildman–Crippen MR) is 98.7 cm³/mol. The Morgan fingerprint density at radius 1 is 1.26 bits per heavy atom. The molecule has 1 saturated heterocycles. The molecule has 6 nitrogen and oxygen atoms in total. The topological polar surface area (TPSA) is 74.6 Å². The van der Waals surface area contributed by atoms with E-state index in [0.29, 0.717) is 13.1 Å². The number of rotatable bonds is 4. The van der Waals surface area contributed by atoms with Gasteiger partial charge in [-0.2, -0.15) is 0 Å².